The highest BCUT2D eigenvalue weighted by Crippen LogP contribution is 2.20. The SMILES string of the molecule is C=C(SC)C(=CC)N(C)CC. The van der Waals surface area contributed by atoms with Crippen molar-refractivity contribution < 1.29 is 0 Å². The first-order valence-electron chi connectivity index (χ1n) is 3.78. The van der Waals surface area contributed by atoms with Crippen LogP contribution in [-0.4, -0.2) is 24.7 Å². The fourth-order valence-corrected chi connectivity index (χ4v) is 1.35. The van der Waals surface area contributed by atoms with Crippen LogP contribution in [0.4, 0.5) is 0 Å². The van der Waals surface area contributed by atoms with E-state index in [9.17, 15) is 0 Å². The van der Waals surface area contributed by atoms with Crippen LogP contribution in [-0.2, 0) is 0 Å². The van der Waals surface area contributed by atoms with Crippen LogP contribution in [0.15, 0.2) is 23.3 Å². The Morgan fingerprint density at radius 3 is 2.45 bits per heavy atom. The highest BCUT2D eigenvalue weighted by molar-refractivity contribution is 8.02. The summed E-state index contributed by atoms with van der Waals surface area (Å²) >= 11 is 1.70. The summed E-state index contributed by atoms with van der Waals surface area (Å²) in [7, 11) is 2.08. The van der Waals surface area contributed by atoms with Crippen LogP contribution in [0.1, 0.15) is 13.8 Å². The molecular weight excluding hydrogens is 154 g/mol. The van der Waals surface area contributed by atoms with E-state index in [-0.39, 0.29) is 0 Å². The summed E-state index contributed by atoms with van der Waals surface area (Å²) in [4.78, 5) is 3.33. The summed E-state index contributed by atoms with van der Waals surface area (Å²) in [6.07, 6.45) is 4.15. The average molecular weight is 171 g/mol. The van der Waals surface area contributed by atoms with Crippen LogP contribution in [0.2, 0.25) is 0 Å². The van der Waals surface area contributed by atoms with Crippen molar-refractivity contribution in [3.8, 4) is 0 Å². The second kappa shape index (κ2) is 5.30. The Labute approximate surface area is 74.2 Å². The molecule has 0 saturated heterocycles. The number of likely N-dealkylation sites (N-methyl/N-ethyl adjacent to an activating group) is 1. The standard InChI is InChI=1S/C9H17NS/c1-6-9(8(3)11-5)10(4)7-2/h6H,3,7H2,1-2,4-5H3. The van der Waals surface area contributed by atoms with Crippen molar-refractivity contribution in [3.63, 3.8) is 0 Å². The molecule has 0 saturated carbocycles. The Balaban J connectivity index is 4.30. The highest BCUT2D eigenvalue weighted by Gasteiger charge is 2.03. The average Bonchev–Trinajstić information content (AvgIpc) is 2.05. The van der Waals surface area contributed by atoms with E-state index in [4.69, 9.17) is 0 Å². The second-order valence-electron chi connectivity index (χ2n) is 2.32. The van der Waals surface area contributed by atoms with Gasteiger partial charge in [0.15, 0.2) is 0 Å². The van der Waals surface area contributed by atoms with E-state index in [1.54, 1.807) is 11.8 Å². The maximum Gasteiger partial charge on any atom is 0.0452 e. The van der Waals surface area contributed by atoms with Gasteiger partial charge in [-0.1, -0.05) is 12.7 Å². The van der Waals surface area contributed by atoms with Crippen molar-refractivity contribution in [2.75, 3.05) is 19.8 Å². The normalized spacial score (nSPS) is 11.5. The number of allylic oxidation sites excluding steroid dienone is 1. The third kappa shape index (κ3) is 3.02. The van der Waals surface area contributed by atoms with E-state index in [1.807, 2.05) is 6.92 Å². The van der Waals surface area contributed by atoms with E-state index in [1.165, 1.54) is 5.70 Å². The lowest BCUT2D eigenvalue weighted by Gasteiger charge is -2.21. The molecule has 0 heterocycles. The third-order valence-corrected chi connectivity index (χ3v) is 2.39. The van der Waals surface area contributed by atoms with Crippen molar-refractivity contribution >= 4 is 11.8 Å². The van der Waals surface area contributed by atoms with E-state index >= 15 is 0 Å². The molecule has 0 aliphatic carbocycles. The van der Waals surface area contributed by atoms with E-state index < -0.39 is 0 Å². The predicted molar refractivity (Wildman–Crippen MR) is 54.7 cm³/mol. The smallest absolute Gasteiger partial charge is 0.0452 e. The lowest BCUT2D eigenvalue weighted by atomic mass is 10.3. The molecule has 0 aromatic carbocycles. The molecule has 0 N–H and O–H groups in total. The first-order valence-corrected chi connectivity index (χ1v) is 5.00. The van der Waals surface area contributed by atoms with Gasteiger partial charge >= 0.3 is 0 Å². The van der Waals surface area contributed by atoms with Gasteiger partial charge in [-0.3, -0.25) is 0 Å². The molecule has 0 aliphatic rings. The molecule has 0 spiro atoms. The van der Waals surface area contributed by atoms with Gasteiger partial charge in [-0.2, -0.15) is 0 Å². The third-order valence-electron chi connectivity index (χ3n) is 1.69. The first-order chi connectivity index (χ1) is 5.17. The van der Waals surface area contributed by atoms with Crippen LogP contribution in [0.5, 0.6) is 0 Å². The summed E-state index contributed by atoms with van der Waals surface area (Å²) in [5.41, 5.74) is 1.24. The molecule has 1 nitrogen and oxygen atoms in total. The van der Waals surface area contributed by atoms with Crippen LogP contribution < -0.4 is 0 Å². The Kier molecular flexibility index (Phi) is 5.12. The summed E-state index contributed by atoms with van der Waals surface area (Å²) in [5.74, 6) is 0. The number of thioether (sulfide) groups is 1. The summed E-state index contributed by atoms with van der Waals surface area (Å²) in [5, 5.41) is 0. The van der Waals surface area contributed by atoms with Crippen molar-refractivity contribution in [3.05, 3.63) is 23.3 Å². The maximum absolute atomic E-state index is 3.97. The Hall–Kier alpha value is -0.370. The van der Waals surface area contributed by atoms with Crippen molar-refractivity contribution in [1.29, 1.82) is 0 Å². The molecule has 0 fully saturated rings. The van der Waals surface area contributed by atoms with E-state index in [0.717, 1.165) is 11.4 Å². The zero-order valence-corrected chi connectivity index (χ0v) is 8.66. The fraction of sp³-hybridized carbons (Fsp3) is 0.556. The number of nitrogens with zero attached hydrogens (tertiary/aromatic N) is 1. The Bertz CT molecular complexity index is 161. The molecule has 0 aliphatic heterocycles. The lowest BCUT2D eigenvalue weighted by Crippen LogP contribution is -2.17. The Morgan fingerprint density at radius 1 is 1.64 bits per heavy atom. The first kappa shape index (κ1) is 10.6. The van der Waals surface area contributed by atoms with Crippen molar-refractivity contribution in [1.82, 2.24) is 4.90 Å². The molecule has 11 heavy (non-hydrogen) atoms. The topological polar surface area (TPSA) is 3.24 Å². The molecule has 0 amide bonds. The summed E-state index contributed by atoms with van der Waals surface area (Å²) < 4.78 is 0. The van der Waals surface area contributed by atoms with Gasteiger partial charge < -0.3 is 4.90 Å². The van der Waals surface area contributed by atoms with Gasteiger partial charge in [0.2, 0.25) is 0 Å². The van der Waals surface area contributed by atoms with Gasteiger partial charge in [0.25, 0.3) is 0 Å². The van der Waals surface area contributed by atoms with Crippen LogP contribution in [0, 0.1) is 0 Å². The molecule has 0 radical (unpaired) electrons. The van der Waals surface area contributed by atoms with Gasteiger partial charge in [-0.15, -0.1) is 11.8 Å². The molecule has 0 aromatic heterocycles. The number of hydrogen-bond acceptors (Lipinski definition) is 2. The van der Waals surface area contributed by atoms with Crippen LogP contribution in [0.3, 0.4) is 0 Å². The second-order valence-corrected chi connectivity index (χ2v) is 3.22. The molecule has 0 atom stereocenters. The molecule has 64 valence electrons. The number of rotatable bonds is 4. The predicted octanol–water partition coefficient (Wildman–Crippen LogP) is 2.72. The highest BCUT2D eigenvalue weighted by atomic mass is 32.2. The van der Waals surface area contributed by atoms with Gasteiger partial charge in [-0.25, -0.2) is 0 Å². The largest absolute Gasteiger partial charge is 0.374 e. The molecular formula is C9H17NS. The molecule has 0 unspecified atom stereocenters. The summed E-state index contributed by atoms with van der Waals surface area (Å²) in [6.45, 7) is 9.17. The van der Waals surface area contributed by atoms with Crippen LogP contribution >= 0.6 is 11.8 Å². The fourth-order valence-electron chi connectivity index (χ4n) is 0.869. The van der Waals surface area contributed by atoms with E-state index in [0.29, 0.717) is 0 Å². The van der Waals surface area contributed by atoms with Gasteiger partial charge in [0.05, 0.1) is 0 Å². The zero-order chi connectivity index (χ0) is 8.85. The van der Waals surface area contributed by atoms with Gasteiger partial charge in [0, 0.05) is 24.2 Å². The van der Waals surface area contributed by atoms with Crippen LogP contribution in [0.25, 0.3) is 0 Å². The minimum Gasteiger partial charge on any atom is -0.374 e. The van der Waals surface area contributed by atoms with E-state index in [2.05, 4.69) is 37.8 Å². The van der Waals surface area contributed by atoms with Crippen molar-refractivity contribution in [2.45, 2.75) is 13.8 Å². The van der Waals surface area contributed by atoms with Gasteiger partial charge in [0.1, 0.15) is 0 Å². The molecule has 0 rings (SSSR count). The zero-order valence-electron chi connectivity index (χ0n) is 7.85. The monoisotopic (exact) mass is 171 g/mol. The minimum absolute atomic E-state index is 1.03. The number of hydrogen-bond donors (Lipinski definition) is 0. The molecule has 0 aromatic rings. The van der Waals surface area contributed by atoms with Gasteiger partial charge in [-0.05, 0) is 20.1 Å². The summed E-state index contributed by atoms with van der Waals surface area (Å²) in [6, 6.07) is 0. The van der Waals surface area contributed by atoms with Crippen molar-refractivity contribution in [2.24, 2.45) is 0 Å². The Morgan fingerprint density at radius 2 is 2.18 bits per heavy atom. The molecule has 0 bridgehead atoms. The minimum atomic E-state index is 1.03. The lowest BCUT2D eigenvalue weighted by molar-refractivity contribution is 0.454. The quantitative estimate of drug-likeness (QED) is 0.598. The maximum atomic E-state index is 3.97. The molecule has 2 heteroatoms.